The van der Waals surface area contributed by atoms with Crippen LogP contribution in [0.1, 0.15) is 21.5 Å². The van der Waals surface area contributed by atoms with E-state index in [0.29, 0.717) is 11.6 Å². The Kier molecular flexibility index (Phi) is 5.62. The van der Waals surface area contributed by atoms with Crippen LogP contribution in [0.4, 0.5) is 0 Å². The number of carbonyl (C=O) groups excluding carboxylic acids is 1. The van der Waals surface area contributed by atoms with Gasteiger partial charge in [0.05, 0.1) is 12.7 Å². The summed E-state index contributed by atoms with van der Waals surface area (Å²) in [7, 11) is 1.41. The van der Waals surface area contributed by atoms with Crippen LogP contribution in [0.25, 0.3) is 0 Å². The second-order valence-electron chi connectivity index (χ2n) is 6.26. The third-order valence-corrected chi connectivity index (χ3v) is 4.45. The molecule has 0 saturated carbocycles. The molecule has 0 radical (unpaired) electrons. The van der Waals surface area contributed by atoms with E-state index in [0.717, 1.165) is 32.6 Å². The molecule has 126 valence electrons. The molecule has 1 aliphatic rings. The average molecular weight is 324 g/mol. The van der Waals surface area contributed by atoms with Gasteiger partial charge >= 0.3 is 5.97 Å². The Balaban J connectivity index is 1.56. The number of benzene rings is 2. The van der Waals surface area contributed by atoms with Crippen molar-refractivity contribution in [2.45, 2.75) is 19.0 Å². The zero-order valence-corrected chi connectivity index (χ0v) is 14.1. The fourth-order valence-corrected chi connectivity index (χ4v) is 3.20. The van der Waals surface area contributed by atoms with E-state index in [4.69, 9.17) is 4.74 Å². The molecule has 0 spiro atoms. The average Bonchev–Trinajstić information content (AvgIpc) is 2.63. The predicted molar refractivity (Wildman–Crippen MR) is 95.0 cm³/mol. The zero-order chi connectivity index (χ0) is 16.8. The van der Waals surface area contributed by atoms with Crippen molar-refractivity contribution in [2.24, 2.45) is 0 Å². The van der Waals surface area contributed by atoms with Gasteiger partial charge in [-0.05, 0) is 29.7 Å². The molecule has 2 aromatic rings. The van der Waals surface area contributed by atoms with Crippen LogP contribution in [0.3, 0.4) is 0 Å². The van der Waals surface area contributed by atoms with Crippen molar-refractivity contribution < 1.29 is 9.53 Å². The van der Waals surface area contributed by atoms with Gasteiger partial charge in [0.1, 0.15) is 0 Å². The van der Waals surface area contributed by atoms with Crippen molar-refractivity contribution in [3.63, 3.8) is 0 Å². The number of hydrogen-bond acceptors (Lipinski definition) is 4. The van der Waals surface area contributed by atoms with Gasteiger partial charge in [0, 0.05) is 32.2 Å². The number of hydrogen-bond donors (Lipinski definition) is 1. The Morgan fingerprint density at radius 1 is 1.12 bits per heavy atom. The number of nitrogens with one attached hydrogen (secondary N) is 1. The number of ether oxygens (including phenoxy) is 1. The number of nitrogens with zero attached hydrogens (tertiary/aromatic N) is 1. The topological polar surface area (TPSA) is 41.6 Å². The van der Waals surface area contributed by atoms with Crippen LogP contribution in [0.2, 0.25) is 0 Å². The Morgan fingerprint density at radius 2 is 1.88 bits per heavy atom. The number of piperazine rings is 1. The first-order valence-electron chi connectivity index (χ1n) is 8.41. The summed E-state index contributed by atoms with van der Waals surface area (Å²) in [4.78, 5) is 14.0. The lowest BCUT2D eigenvalue weighted by molar-refractivity contribution is 0.0600. The van der Waals surface area contributed by atoms with Gasteiger partial charge in [0.25, 0.3) is 0 Å². The maximum atomic E-state index is 11.5. The maximum absolute atomic E-state index is 11.5. The summed E-state index contributed by atoms with van der Waals surface area (Å²) in [5, 5.41) is 3.61. The minimum absolute atomic E-state index is 0.286. The standard InChI is InChI=1S/C20H24N2O2/c1-24-20(23)18-9-7-17(8-10-18)14-22-12-11-21-19(15-22)13-16-5-3-2-4-6-16/h2-10,19,21H,11-15H2,1H3/t19-/m0/s1. The second kappa shape index (κ2) is 8.08. The van der Waals surface area contributed by atoms with Crippen LogP contribution in [-0.2, 0) is 17.7 Å². The lowest BCUT2D eigenvalue weighted by Gasteiger charge is -2.34. The molecular formula is C20H24N2O2. The molecule has 3 rings (SSSR count). The van der Waals surface area contributed by atoms with Crippen molar-refractivity contribution in [2.75, 3.05) is 26.7 Å². The Morgan fingerprint density at radius 3 is 2.58 bits per heavy atom. The van der Waals surface area contributed by atoms with E-state index in [9.17, 15) is 4.79 Å². The highest BCUT2D eigenvalue weighted by Gasteiger charge is 2.19. The highest BCUT2D eigenvalue weighted by Crippen LogP contribution is 2.12. The van der Waals surface area contributed by atoms with Gasteiger partial charge in [-0.15, -0.1) is 0 Å². The highest BCUT2D eigenvalue weighted by molar-refractivity contribution is 5.89. The van der Waals surface area contributed by atoms with Gasteiger partial charge in [0.2, 0.25) is 0 Å². The van der Waals surface area contributed by atoms with Crippen molar-refractivity contribution >= 4 is 5.97 Å². The zero-order valence-electron chi connectivity index (χ0n) is 14.1. The summed E-state index contributed by atoms with van der Waals surface area (Å²) in [6.45, 7) is 4.00. The molecule has 1 aliphatic heterocycles. The van der Waals surface area contributed by atoms with Crippen LogP contribution in [0.5, 0.6) is 0 Å². The first-order chi connectivity index (χ1) is 11.7. The van der Waals surface area contributed by atoms with E-state index < -0.39 is 0 Å². The molecule has 1 N–H and O–H groups in total. The number of esters is 1. The Bertz CT molecular complexity index is 655. The van der Waals surface area contributed by atoms with E-state index in [1.54, 1.807) is 0 Å². The summed E-state index contributed by atoms with van der Waals surface area (Å²) in [5.74, 6) is -0.286. The van der Waals surface area contributed by atoms with Gasteiger partial charge in [0.15, 0.2) is 0 Å². The predicted octanol–water partition coefficient (Wildman–Crippen LogP) is 2.49. The molecule has 0 bridgehead atoms. The monoisotopic (exact) mass is 324 g/mol. The maximum Gasteiger partial charge on any atom is 0.337 e. The van der Waals surface area contributed by atoms with Crippen LogP contribution in [0, 0.1) is 0 Å². The number of carbonyl (C=O) groups is 1. The van der Waals surface area contributed by atoms with Crippen LogP contribution >= 0.6 is 0 Å². The fraction of sp³-hybridized carbons (Fsp3) is 0.350. The molecule has 1 heterocycles. The smallest absolute Gasteiger partial charge is 0.337 e. The van der Waals surface area contributed by atoms with Gasteiger partial charge < -0.3 is 10.1 Å². The van der Waals surface area contributed by atoms with Gasteiger partial charge in [-0.1, -0.05) is 42.5 Å². The third kappa shape index (κ3) is 4.43. The normalized spacial score (nSPS) is 18.3. The van der Waals surface area contributed by atoms with Crippen molar-refractivity contribution in [1.82, 2.24) is 10.2 Å². The number of methoxy groups -OCH3 is 1. The molecule has 24 heavy (non-hydrogen) atoms. The lowest BCUT2D eigenvalue weighted by atomic mass is 10.0. The van der Waals surface area contributed by atoms with Crippen LogP contribution < -0.4 is 5.32 Å². The first-order valence-corrected chi connectivity index (χ1v) is 8.41. The summed E-state index contributed by atoms with van der Waals surface area (Å²) in [5.41, 5.74) is 3.20. The van der Waals surface area contributed by atoms with E-state index >= 15 is 0 Å². The minimum Gasteiger partial charge on any atom is -0.465 e. The van der Waals surface area contributed by atoms with Gasteiger partial charge in [-0.2, -0.15) is 0 Å². The molecule has 0 amide bonds. The van der Waals surface area contributed by atoms with E-state index in [2.05, 4.69) is 40.5 Å². The van der Waals surface area contributed by atoms with Crippen molar-refractivity contribution in [1.29, 1.82) is 0 Å². The fourth-order valence-electron chi connectivity index (χ4n) is 3.20. The minimum atomic E-state index is -0.286. The highest BCUT2D eigenvalue weighted by atomic mass is 16.5. The van der Waals surface area contributed by atoms with Crippen molar-refractivity contribution in [3.05, 3.63) is 71.3 Å². The third-order valence-electron chi connectivity index (χ3n) is 4.45. The summed E-state index contributed by atoms with van der Waals surface area (Å²) >= 11 is 0. The molecule has 0 aromatic heterocycles. The quantitative estimate of drug-likeness (QED) is 0.858. The van der Waals surface area contributed by atoms with E-state index in [1.165, 1.54) is 18.2 Å². The van der Waals surface area contributed by atoms with Crippen LogP contribution in [-0.4, -0.2) is 43.7 Å². The summed E-state index contributed by atoms with van der Waals surface area (Å²) in [6.07, 6.45) is 1.05. The molecule has 0 aliphatic carbocycles. The van der Waals surface area contributed by atoms with Crippen LogP contribution in [0.15, 0.2) is 54.6 Å². The SMILES string of the molecule is COC(=O)c1ccc(CN2CCN[C@@H](Cc3ccccc3)C2)cc1. The van der Waals surface area contributed by atoms with E-state index in [1.807, 2.05) is 24.3 Å². The molecule has 4 heteroatoms. The largest absolute Gasteiger partial charge is 0.465 e. The summed E-state index contributed by atoms with van der Waals surface area (Å²) in [6, 6.07) is 18.8. The molecule has 1 saturated heterocycles. The van der Waals surface area contributed by atoms with Gasteiger partial charge in [-0.25, -0.2) is 4.79 Å². The molecule has 1 atom stereocenters. The van der Waals surface area contributed by atoms with Crippen molar-refractivity contribution in [3.8, 4) is 0 Å². The second-order valence-corrected chi connectivity index (χ2v) is 6.26. The molecule has 0 unspecified atom stereocenters. The molecular weight excluding hydrogens is 300 g/mol. The number of rotatable bonds is 5. The Hall–Kier alpha value is -2.17. The molecule has 4 nitrogen and oxygen atoms in total. The molecule has 2 aromatic carbocycles. The van der Waals surface area contributed by atoms with Gasteiger partial charge in [-0.3, -0.25) is 4.90 Å². The Labute approximate surface area is 143 Å². The summed E-state index contributed by atoms with van der Waals surface area (Å²) < 4.78 is 4.74. The first kappa shape index (κ1) is 16.7. The van der Waals surface area contributed by atoms with E-state index in [-0.39, 0.29) is 5.97 Å². The molecule has 1 fully saturated rings. The lowest BCUT2D eigenvalue weighted by Crippen LogP contribution is -2.51.